The van der Waals surface area contributed by atoms with Gasteiger partial charge in [-0.1, -0.05) is 0 Å². The van der Waals surface area contributed by atoms with Crippen molar-refractivity contribution in [1.29, 1.82) is 0 Å². The molecule has 0 aromatic rings. The molecule has 3 nitrogen and oxygen atoms in total. The minimum absolute atomic E-state index is 0.310. The number of carbonyl (C=O) groups is 1. The van der Waals surface area contributed by atoms with E-state index in [0.717, 1.165) is 6.42 Å². The number of amides is 1. The Hall–Kier alpha value is -0.990. The van der Waals surface area contributed by atoms with Gasteiger partial charge in [-0.25, -0.2) is 0 Å². The van der Waals surface area contributed by atoms with Gasteiger partial charge in [0.15, 0.2) is 5.76 Å². The number of rotatable bonds is 1. The maximum Gasteiger partial charge on any atom is 0.283 e. The molecule has 0 radical (unpaired) electrons. The van der Waals surface area contributed by atoms with Gasteiger partial charge in [0.2, 0.25) is 0 Å². The van der Waals surface area contributed by atoms with E-state index in [1.165, 1.54) is 0 Å². The van der Waals surface area contributed by atoms with E-state index in [0.29, 0.717) is 12.4 Å². The predicted octanol–water partition coefficient (Wildman–Crippen LogP) is -0.224. The van der Waals surface area contributed by atoms with Crippen LogP contribution < -0.4 is 5.73 Å². The monoisotopic (exact) mass is 113 g/mol. The highest BCUT2D eigenvalue weighted by Crippen LogP contribution is 2.06. The largest absolute Gasteiger partial charge is 0.488 e. The highest BCUT2D eigenvalue weighted by Gasteiger charge is 2.09. The van der Waals surface area contributed by atoms with Crippen LogP contribution in [0.3, 0.4) is 0 Å². The molecule has 3 heteroatoms. The Morgan fingerprint density at radius 2 is 2.62 bits per heavy atom. The van der Waals surface area contributed by atoms with Crippen LogP contribution in [0.2, 0.25) is 0 Å². The second-order valence-electron chi connectivity index (χ2n) is 1.57. The summed E-state index contributed by atoms with van der Waals surface area (Å²) in [4.78, 5) is 10.2. The van der Waals surface area contributed by atoms with Gasteiger partial charge in [-0.15, -0.1) is 0 Å². The molecule has 0 atom stereocenters. The smallest absolute Gasteiger partial charge is 0.283 e. The van der Waals surface area contributed by atoms with Gasteiger partial charge in [-0.05, 0) is 6.08 Å². The van der Waals surface area contributed by atoms with E-state index in [-0.39, 0.29) is 0 Å². The lowest BCUT2D eigenvalue weighted by atomic mass is 10.4. The first-order valence-corrected chi connectivity index (χ1v) is 2.43. The molecule has 1 heterocycles. The van der Waals surface area contributed by atoms with Gasteiger partial charge in [0.1, 0.15) is 0 Å². The third kappa shape index (κ3) is 0.804. The van der Waals surface area contributed by atoms with E-state index < -0.39 is 5.91 Å². The summed E-state index contributed by atoms with van der Waals surface area (Å²) in [6, 6.07) is 0. The van der Waals surface area contributed by atoms with Crippen molar-refractivity contribution < 1.29 is 9.53 Å². The molecule has 44 valence electrons. The van der Waals surface area contributed by atoms with Crippen molar-refractivity contribution in [3.05, 3.63) is 11.8 Å². The first-order valence-electron chi connectivity index (χ1n) is 2.43. The van der Waals surface area contributed by atoms with E-state index in [1.807, 2.05) is 0 Å². The molecule has 1 aliphatic rings. The Balaban J connectivity index is 2.57. The highest BCUT2D eigenvalue weighted by molar-refractivity contribution is 5.90. The highest BCUT2D eigenvalue weighted by atomic mass is 16.5. The van der Waals surface area contributed by atoms with Crippen molar-refractivity contribution in [1.82, 2.24) is 0 Å². The summed E-state index contributed by atoms with van der Waals surface area (Å²) in [5.74, 6) is -0.160. The van der Waals surface area contributed by atoms with Gasteiger partial charge in [0, 0.05) is 6.42 Å². The minimum atomic E-state index is -0.470. The first kappa shape index (κ1) is 5.15. The Morgan fingerprint density at radius 3 is 2.88 bits per heavy atom. The molecule has 1 aliphatic heterocycles. The molecule has 0 unspecified atom stereocenters. The standard InChI is InChI=1S/C5H7NO2/c6-5(7)4-2-1-3-8-4/h2H,1,3H2,(H2,6,7). The van der Waals surface area contributed by atoms with Gasteiger partial charge in [-0.3, -0.25) is 4.79 Å². The van der Waals surface area contributed by atoms with Crippen LogP contribution in [0.25, 0.3) is 0 Å². The fourth-order valence-corrected chi connectivity index (χ4v) is 0.590. The summed E-state index contributed by atoms with van der Waals surface area (Å²) in [6.07, 6.45) is 2.50. The average Bonchev–Trinajstić information content (AvgIpc) is 2.12. The topological polar surface area (TPSA) is 52.3 Å². The fraction of sp³-hybridized carbons (Fsp3) is 0.400. The Kier molecular flexibility index (Phi) is 1.20. The van der Waals surface area contributed by atoms with Gasteiger partial charge in [0.25, 0.3) is 5.91 Å². The van der Waals surface area contributed by atoms with Gasteiger partial charge >= 0.3 is 0 Å². The van der Waals surface area contributed by atoms with Crippen molar-refractivity contribution in [3.8, 4) is 0 Å². The quantitative estimate of drug-likeness (QED) is 0.511. The molecule has 2 N–H and O–H groups in total. The van der Waals surface area contributed by atoms with Crippen molar-refractivity contribution in [2.45, 2.75) is 6.42 Å². The zero-order valence-corrected chi connectivity index (χ0v) is 4.39. The minimum Gasteiger partial charge on any atom is -0.488 e. The van der Waals surface area contributed by atoms with Crippen LogP contribution in [-0.2, 0) is 9.53 Å². The van der Waals surface area contributed by atoms with Crippen LogP contribution in [0.1, 0.15) is 6.42 Å². The van der Waals surface area contributed by atoms with Crippen LogP contribution in [0.5, 0.6) is 0 Å². The third-order valence-corrected chi connectivity index (χ3v) is 0.948. The molecule has 0 fully saturated rings. The first-order chi connectivity index (χ1) is 3.80. The fourth-order valence-electron chi connectivity index (χ4n) is 0.590. The van der Waals surface area contributed by atoms with E-state index >= 15 is 0 Å². The van der Waals surface area contributed by atoms with Crippen molar-refractivity contribution in [3.63, 3.8) is 0 Å². The van der Waals surface area contributed by atoms with E-state index in [2.05, 4.69) is 0 Å². The van der Waals surface area contributed by atoms with Crippen LogP contribution in [0, 0.1) is 0 Å². The van der Waals surface area contributed by atoms with Gasteiger partial charge in [-0.2, -0.15) is 0 Å². The Labute approximate surface area is 47.1 Å². The number of nitrogens with two attached hydrogens (primary N) is 1. The summed E-state index contributed by atoms with van der Waals surface area (Å²) in [6.45, 7) is 0.596. The zero-order valence-electron chi connectivity index (χ0n) is 4.39. The Bertz CT molecular complexity index is 139. The molecule has 1 amide bonds. The molecule has 0 saturated carbocycles. The van der Waals surface area contributed by atoms with Crippen LogP contribution >= 0.6 is 0 Å². The number of hydrogen-bond donors (Lipinski definition) is 1. The Morgan fingerprint density at radius 1 is 1.88 bits per heavy atom. The van der Waals surface area contributed by atoms with E-state index in [1.54, 1.807) is 6.08 Å². The number of primary amides is 1. The molecule has 0 aromatic carbocycles. The predicted molar refractivity (Wildman–Crippen MR) is 27.8 cm³/mol. The second kappa shape index (κ2) is 1.86. The average molecular weight is 113 g/mol. The van der Waals surface area contributed by atoms with Crippen molar-refractivity contribution in [2.24, 2.45) is 5.73 Å². The summed E-state index contributed by atoms with van der Waals surface area (Å²) in [5, 5.41) is 0. The lowest BCUT2D eigenvalue weighted by Gasteiger charge is -1.94. The molecule has 1 rings (SSSR count). The summed E-state index contributed by atoms with van der Waals surface area (Å²) in [7, 11) is 0. The van der Waals surface area contributed by atoms with E-state index in [4.69, 9.17) is 10.5 Å². The SMILES string of the molecule is NC(=O)C1=CCCO1. The number of hydrogen-bond acceptors (Lipinski definition) is 2. The van der Waals surface area contributed by atoms with Gasteiger partial charge < -0.3 is 10.5 Å². The maximum atomic E-state index is 10.2. The molecule has 0 spiro atoms. The van der Waals surface area contributed by atoms with E-state index in [9.17, 15) is 4.79 Å². The second-order valence-corrected chi connectivity index (χ2v) is 1.57. The normalized spacial score (nSPS) is 17.2. The summed E-state index contributed by atoms with van der Waals surface area (Å²) in [5.41, 5.74) is 4.87. The maximum absolute atomic E-state index is 10.2. The number of carbonyl (C=O) groups excluding carboxylic acids is 1. The molecule has 0 aliphatic carbocycles. The molecule has 0 bridgehead atoms. The van der Waals surface area contributed by atoms with Crippen molar-refractivity contribution in [2.75, 3.05) is 6.61 Å². The summed E-state index contributed by atoms with van der Waals surface area (Å²) < 4.78 is 4.80. The van der Waals surface area contributed by atoms with Crippen LogP contribution in [0.4, 0.5) is 0 Å². The van der Waals surface area contributed by atoms with Crippen LogP contribution in [0.15, 0.2) is 11.8 Å². The third-order valence-electron chi connectivity index (χ3n) is 0.948. The molecular formula is C5H7NO2. The van der Waals surface area contributed by atoms with Crippen LogP contribution in [-0.4, -0.2) is 12.5 Å². The zero-order chi connectivity index (χ0) is 5.98. The molecule has 8 heavy (non-hydrogen) atoms. The lowest BCUT2D eigenvalue weighted by Crippen LogP contribution is -2.13. The summed E-state index contributed by atoms with van der Waals surface area (Å²) >= 11 is 0. The molecule has 0 aromatic heterocycles. The lowest BCUT2D eigenvalue weighted by molar-refractivity contribution is -0.117. The van der Waals surface area contributed by atoms with Crippen molar-refractivity contribution >= 4 is 5.91 Å². The van der Waals surface area contributed by atoms with Gasteiger partial charge in [0.05, 0.1) is 6.61 Å². The molecule has 0 saturated heterocycles. The number of ether oxygens (including phenoxy) is 1. The molecular weight excluding hydrogens is 106 g/mol.